The predicted octanol–water partition coefficient (Wildman–Crippen LogP) is 4.09. The van der Waals surface area contributed by atoms with Crippen LogP contribution in [0.2, 0.25) is 0 Å². The molecule has 2 aromatic carbocycles. The van der Waals surface area contributed by atoms with Crippen molar-refractivity contribution in [1.29, 1.82) is 0 Å². The highest BCUT2D eigenvalue weighted by molar-refractivity contribution is 5.80. The minimum Gasteiger partial charge on any atom is -0.298 e. The highest BCUT2D eigenvalue weighted by atomic mass is 16.1. The van der Waals surface area contributed by atoms with Crippen LogP contribution in [0.15, 0.2) is 36.4 Å². The molecule has 0 fully saturated rings. The minimum atomic E-state index is 0.727. The van der Waals surface area contributed by atoms with Gasteiger partial charge in [-0.3, -0.25) is 4.79 Å². The summed E-state index contributed by atoms with van der Waals surface area (Å²) in [6.45, 7) is 6.26. The molecule has 86 valence electrons. The predicted molar refractivity (Wildman–Crippen MR) is 71.5 cm³/mol. The van der Waals surface area contributed by atoms with Gasteiger partial charge in [0.2, 0.25) is 0 Å². The van der Waals surface area contributed by atoms with Gasteiger partial charge in [-0.2, -0.15) is 0 Å². The average Bonchev–Trinajstić information content (AvgIpc) is 2.28. The molecule has 0 aliphatic heterocycles. The molecule has 0 saturated carbocycles. The first kappa shape index (κ1) is 11.6. The van der Waals surface area contributed by atoms with Gasteiger partial charge in [0.25, 0.3) is 0 Å². The Labute approximate surface area is 102 Å². The summed E-state index contributed by atoms with van der Waals surface area (Å²) >= 11 is 0. The molecule has 0 spiro atoms. The van der Waals surface area contributed by atoms with E-state index in [4.69, 9.17) is 0 Å². The largest absolute Gasteiger partial charge is 0.298 e. The summed E-state index contributed by atoms with van der Waals surface area (Å²) < 4.78 is 0. The van der Waals surface area contributed by atoms with E-state index in [2.05, 4.69) is 39.0 Å². The van der Waals surface area contributed by atoms with Crippen molar-refractivity contribution in [2.24, 2.45) is 0 Å². The molecule has 0 amide bonds. The van der Waals surface area contributed by atoms with Crippen LogP contribution in [0.4, 0.5) is 0 Å². The zero-order valence-corrected chi connectivity index (χ0v) is 10.4. The maximum atomic E-state index is 10.8. The van der Waals surface area contributed by atoms with Gasteiger partial charge < -0.3 is 0 Å². The Kier molecular flexibility index (Phi) is 3.10. The van der Waals surface area contributed by atoms with Crippen LogP contribution in [-0.2, 0) is 0 Å². The van der Waals surface area contributed by atoms with E-state index >= 15 is 0 Å². The number of aldehydes is 1. The van der Waals surface area contributed by atoms with Gasteiger partial charge in [0.1, 0.15) is 6.29 Å². The maximum absolute atomic E-state index is 10.8. The van der Waals surface area contributed by atoms with Crippen molar-refractivity contribution in [3.05, 3.63) is 58.7 Å². The molecular weight excluding hydrogens is 208 g/mol. The van der Waals surface area contributed by atoms with Crippen molar-refractivity contribution in [2.45, 2.75) is 20.8 Å². The standard InChI is InChI=1S/C16H16O/c1-11-6-12(2)8-15(7-11)16-9-14(10-17)5-4-13(16)3/h4-10H,1-3H3. The number of carbonyl (C=O) groups is 1. The first-order valence-corrected chi connectivity index (χ1v) is 5.74. The third-order valence-electron chi connectivity index (χ3n) is 2.93. The molecule has 17 heavy (non-hydrogen) atoms. The van der Waals surface area contributed by atoms with Crippen LogP contribution in [0.5, 0.6) is 0 Å². The third-order valence-corrected chi connectivity index (χ3v) is 2.93. The van der Waals surface area contributed by atoms with Crippen LogP contribution in [0.25, 0.3) is 11.1 Å². The molecule has 1 heteroatoms. The lowest BCUT2D eigenvalue weighted by Crippen LogP contribution is -1.89. The van der Waals surface area contributed by atoms with Gasteiger partial charge >= 0.3 is 0 Å². The Balaban J connectivity index is 2.62. The number of aryl methyl sites for hydroxylation is 3. The highest BCUT2D eigenvalue weighted by Gasteiger charge is 2.04. The molecule has 2 aromatic rings. The van der Waals surface area contributed by atoms with Crippen LogP contribution in [-0.4, -0.2) is 6.29 Å². The zero-order valence-electron chi connectivity index (χ0n) is 10.4. The summed E-state index contributed by atoms with van der Waals surface area (Å²) in [5, 5.41) is 0. The molecule has 0 aliphatic rings. The summed E-state index contributed by atoms with van der Waals surface area (Å²) in [5.74, 6) is 0. The summed E-state index contributed by atoms with van der Waals surface area (Å²) in [4.78, 5) is 10.8. The number of benzene rings is 2. The van der Waals surface area contributed by atoms with Crippen molar-refractivity contribution < 1.29 is 4.79 Å². The van der Waals surface area contributed by atoms with Crippen molar-refractivity contribution in [2.75, 3.05) is 0 Å². The first-order chi connectivity index (χ1) is 8.10. The maximum Gasteiger partial charge on any atom is 0.150 e. The lowest BCUT2D eigenvalue weighted by Gasteiger charge is -2.09. The topological polar surface area (TPSA) is 17.1 Å². The van der Waals surface area contributed by atoms with Gasteiger partial charge in [0, 0.05) is 5.56 Å². The van der Waals surface area contributed by atoms with E-state index in [1.54, 1.807) is 0 Å². The van der Waals surface area contributed by atoms with Gasteiger partial charge in [-0.25, -0.2) is 0 Å². The molecular formula is C16H16O. The van der Waals surface area contributed by atoms with Gasteiger partial charge in [-0.15, -0.1) is 0 Å². The van der Waals surface area contributed by atoms with Crippen molar-refractivity contribution in [3.8, 4) is 11.1 Å². The van der Waals surface area contributed by atoms with Gasteiger partial charge in [-0.05, 0) is 43.5 Å². The Morgan fingerprint density at radius 2 is 1.53 bits per heavy atom. The Morgan fingerprint density at radius 1 is 0.882 bits per heavy atom. The quantitative estimate of drug-likeness (QED) is 0.702. The van der Waals surface area contributed by atoms with Crippen LogP contribution in [0.3, 0.4) is 0 Å². The smallest absolute Gasteiger partial charge is 0.150 e. The monoisotopic (exact) mass is 224 g/mol. The second-order valence-corrected chi connectivity index (χ2v) is 4.57. The number of rotatable bonds is 2. The molecule has 0 aromatic heterocycles. The lowest BCUT2D eigenvalue weighted by molar-refractivity contribution is 0.112. The van der Waals surface area contributed by atoms with E-state index < -0.39 is 0 Å². The molecule has 2 rings (SSSR count). The molecule has 0 atom stereocenters. The number of hydrogen-bond donors (Lipinski definition) is 0. The van der Waals surface area contributed by atoms with E-state index in [9.17, 15) is 4.79 Å². The SMILES string of the molecule is Cc1cc(C)cc(-c2cc(C=O)ccc2C)c1. The fraction of sp³-hybridized carbons (Fsp3) is 0.188. The second kappa shape index (κ2) is 4.54. The minimum absolute atomic E-state index is 0.727. The average molecular weight is 224 g/mol. The molecule has 0 heterocycles. The van der Waals surface area contributed by atoms with Crippen LogP contribution in [0, 0.1) is 20.8 Å². The molecule has 0 saturated heterocycles. The van der Waals surface area contributed by atoms with Crippen LogP contribution >= 0.6 is 0 Å². The Bertz CT molecular complexity index is 547. The summed E-state index contributed by atoms with van der Waals surface area (Å²) in [6.07, 6.45) is 0.894. The number of carbonyl (C=O) groups excluding carboxylic acids is 1. The normalized spacial score (nSPS) is 10.3. The van der Waals surface area contributed by atoms with Crippen molar-refractivity contribution in [1.82, 2.24) is 0 Å². The Morgan fingerprint density at radius 3 is 2.12 bits per heavy atom. The van der Waals surface area contributed by atoms with Crippen LogP contribution < -0.4 is 0 Å². The summed E-state index contributed by atoms with van der Waals surface area (Å²) in [5.41, 5.74) is 6.74. The molecule has 0 N–H and O–H groups in total. The molecule has 1 nitrogen and oxygen atoms in total. The van der Waals surface area contributed by atoms with Gasteiger partial charge in [0.05, 0.1) is 0 Å². The summed E-state index contributed by atoms with van der Waals surface area (Å²) in [6, 6.07) is 12.3. The van der Waals surface area contributed by atoms with E-state index in [0.717, 1.165) is 17.4 Å². The fourth-order valence-corrected chi connectivity index (χ4v) is 2.15. The van der Waals surface area contributed by atoms with Crippen molar-refractivity contribution >= 4 is 6.29 Å². The van der Waals surface area contributed by atoms with E-state index in [1.165, 1.54) is 22.3 Å². The van der Waals surface area contributed by atoms with Gasteiger partial charge in [0.15, 0.2) is 0 Å². The first-order valence-electron chi connectivity index (χ1n) is 5.74. The molecule has 0 bridgehead atoms. The fourth-order valence-electron chi connectivity index (χ4n) is 2.15. The van der Waals surface area contributed by atoms with Crippen LogP contribution in [0.1, 0.15) is 27.0 Å². The zero-order chi connectivity index (χ0) is 12.4. The van der Waals surface area contributed by atoms with E-state index in [-0.39, 0.29) is 0 Å². The lowest BCUT2D eigenvalue weighted by atomic mass is 9.96. The molecule has 0 aliphatic carbocycles. The third kappa shape index (κ3) is 2.44. The number of hydrogen-bond acceptors (Lipinski definition) is 1. The molecule has 0 radical (unpaired) electrons. The van der Waals surface area contributed by atoms with Gasteiger partial charge in [-0.1, -0.05) is 41.5 Å². The molecule has 0 unspecified atom stereocenters. The van der Waals surface area contributed by atoms with E-state index in [0.29, 0.717) is 0 Å². The summed E-state index contributed by atoms with van der Waals surface area (Å²) in [7, 11) is 0. The Hall–Kier alpha value is -1.89. The highest BCUT2D eigenvalue weighted by Crippen LogP contribution is 2.26. The second-order valence-electron chi connectivity index (χ2n) is 4.57. The van der Waals surface area contributed by atoms with E-state index in [1.807, 2.05) is 18.2 Å². The van der Waals surface area contributed by atoms with Crippen molar-refractivity contribution in [3.63, 3.8) is 0 Å².